The first-order chi connectivity index (χ1) is 1.00. The zero-order valence-electron chi connectivity index (χ0n) is 4.91. The second-order valence-electron chi connectivity index (χ2n) is 0. The van der Waals surface area contributed by atoms with Crippen molar-refractivity contribution >= 4 is 0 Å². The van der Waals surface area contributed by atoms with Gasteiger partial charge in [0.1, 0.15) is 0 Å². The summed E-state index contributed by atoms with van der Waals surface area (Å²) in [5, 5.41) is 0. The molecule has 0 saturated heterocycles. The Bertz CT molecular complexity index is 13.5. The summed E-state index contributed by atoms with van der Waals surface area (Å²) in [5.41, 5.74) is 0. The van der Waals surface area contributed by atoms with Crippen LogP contribution in [0.2, 0.25) is 0 Å². The van der Waals surface area contributed by atoms with E-state index in [-0.39, 0.29) is 51.3 Å². The van der Waals surface area contributed by atoms with Crippen LogP contribution in [-0.4, -0.2) is 0 Å². The van der Waals surface area contributed by atoms with Crippen LogP contribution in [0.4, 0.5) is 0 Å². The Morgan fingerprint density at radius 2 is 1.50 bits per heavy atom. The predicted molar refractivity (Wildman–Crippen MR) is 2.91 cm³/mol. The summed E-state index contributed by atoms with van der Waals surface area (Å²) in [7, 11) is 0. The first-order valence-electron chi connectivity index (χ1n) is 0.204. The molecule has 0 unspecified atom stereocenters. The van der Waals surface area contributed by atoms with E-state index in [1.165, 1.54) is 0 Å². The Labute approximate surface area is 74.1 Å². The fourth-order valence-electron chi connectivity index (χ4n) is 0. The van der Waals surface area contributed by atoms with Gasteiger partial charge in [0.2, 0.25) is 0 Å². The molecular weight excluding hydrogens is 93.8 g/mol. The van der Waals surface area contributed by atoms with E-state index < -0.39 is 0 Å². The van der Waals surface area contributed by atoms with E-state index >= 15 is 0 Å². The SMILES string of the molecule is [H-].[H-].[Li+].[Na+].[O]=[Ti]. The third kappa shape index (κ3) is 8.93. The Kier molecular flexibility index (Phi) is 79.9. The van der Waals surface area contributed by atoms with E-state index in [1.54, 1.807) is 0 Å². The van der Waals surface area contributed by atoms with E-state index in [0.717, 1.165) is 20.4 Å². The van der Waals surface area contributed by atoms with Crippen LogP contribution in [0.1, 0.15) is 2.85 Å². The van der Waals surface area contributed by atoms with Gasteiger partial charge in [0.25, 0.3) is 0 Å². The third-order valence-corrected chi connectivity index (χ3v) is 0. The zero-order chi connectivity index (χ0) is 2.00. The molecule has 0 N–H and O–H groups in total. The summed E-state index contributed by atoms with van der Waals surface area (Å²) in [6, 6.07) is 0. The van der Waals surface area contributed by atoms with Gasteiger partial charge in [0.15, 0.2) is 0 Å². The fraction of sp³-hybridized carbons (Fsp3) is 0. The average Bonchev–Trinajstić information content (AvgIpc) is 1.00. The van der Waals surface area contributed by atoms with E-state index in [1.807, 2.05) is 0 Å². The van der Waals surface area contributed by atoms with Crippen LogP contribution in [-0.2, 0) is 23.7 Å². The molecule has 0 amide bonds. The normalized spacial score (nSPS) is 0.750. The molecule has 0 atom stereocenters. The van der Waals surface area contributed by atoms with Crippen LogP contribution in [0.3, 0.4) is 0 Å². The molecule has 14 valence electrons. The van der Waals surface area contributed by atoms with Gasteiger partial charge >= 0.3 is 72.1 Å². The standard InChI is InChI=1S/Li.Na.O.Ti.2H/q2*+1;;;2*-1. The van der Waals surface area contributed by atoms with Crippen LogP contribution in [0.5, 0.6) is 0 Å². The van der Waals surface area contributed by atoms with Crippen molar-refractivity contribution < 1.29 is 75.0 Å². The van der Waals surface area contributed by atoms with Crippen molar-refractivity contribution in [3.63, 3.8) is 0 Å². The molecule has 0 aliphatic heterocycles. The quantitative estimate of drug-likeness (QED) is 0.274. The van der Waals surface area contributed by atoms with Crippen molar-refractivity contribution in [1.29, 1.82) is 0 Å². The van der Waals surface area contributed by atoms with E-state index in [0.29, 0.717) is 0 Å². The Morgan fingerprint density at radius 3 is 1.50 bits per heavy atom. The molecule has 0 aliphatic rings. The second kappa shape index (κ2) is 19.4. The van der Waals surface area contributed by atoms with Crippen molar-refractivity contribution in [1.82, 2.24) is 0 Å². The van der Waals surface area contributed by atoms with Crippen LogP contribution in [0.25, 0.3) is 0 Å². The van der Waals surface area contributed by atoms with Gasteiger partial charge in [-0.15, -0.1) is 0 Å². The van der Waals surface area contributed by atoms with E-state index in [2.05, 4.69) is 0 Å². The van der Waals surface area contributed by atoms with E-state index in [9.17, 15) is 0 Å². The van der Waals surface area contributed by atoms with Gasteiger partial charge in [0, 0.05) is 0 Å². The van der Waals surface area contributed by atoms with Crippen LogP contribution in [0, 0.1) is 0 Å². The van der Waals surface area contributed by atoms with Crippen molar-refractivity contribution in [2.45, 2.75) is 0 Å². The summed E-state index contributed by atoms with van der Waals surface area (Å²) in [4.78, 5) is 0. The topological polar surface area (TPSA) is 17.1 Å². The third-order valence-electron chi connectivity index (χ3n) is 0. The van der Waals surface area contributed by atoms with Gasteiger partial charge in [-0.25, -0.2) is 0 Å². The fourth-order valence-corrected chi connectivity index (χ4v) is 0. The number of hydrogen-bond acceptors (Lipinski definition) is 1. The van der Waals surface area contributed by atoms with Gasteiger partial charge in [-0.3, -0.25) is 0 Å². The number of rotatable bonds is 0. The molecule has 0 aromatic carbocycles. The second-order valence-corrected chi connectivity index (χ2v) is 0. The minimum atomic E-state index is 0. The maximum atomic E-state index is 8.25. The molecule has 0 rings (SSSR count). The van der Waals surface area contributed by atoms with Crippen molar-refractivity contribution in [3.8, 4) is 0 Å². The van der Waals surface area contributed by atoms with Gasteiger partial charge in [0.05, 0.1) is 0 Å². The summed E-state index contributed by atoms with van der Waals surface area (Å²) < 4.78 is 8.25. The van der Waals surface area contributed by atoms with E-state index in [4.69, 9.17) is 3.32 Å². The summed E-state index contributed by atoms with van der Waals surface area (Å²) >= 11 is 0.750. The van der Waals surface area contributed by atoms with Gasteiger partial charge in [-0.05, 0) is 0 Å². The molecule has 0 aromatic rings. The van der Waals surface area contributed by atoms with Crippen molar-refractivity contribution in [2.75, 3.05) is 0 Å². The molecule has 0 saturated carbocycles. The zero-order valence-corrected chi connectivity index (χ0v) is 6.47. The van der Waals surface area contributed by atoms with Crippen molar-refractivity contribution in [3.05, 3.63) is 0 Å². The summed E-state index contributed by atoms with van der Waals surface area (Å²) in [6.45, 7) is 0. The van der Waals surface area contributed by atoms with Gasteiger partial charge < -0.3 is 2.85 Å². The average molecular weight is 95.8 g/mol. The predicted octanol–water partition coefficient (Wildman–Crippen LogP) is -5.89. The first kappa shape index (κ1) is 16.5. The van der Waals surface area contributed by atoms with Crippen LogP contribution in [0.15, 0.2) is 0 Å². The van der Waals surface area contributed by atoms with Crippen molar-refractivity contribution in [2.24, 2.45) is 0 Å². The molecule has 0 aliphatic carbocycles. The number of hydrogen-bond donors (Lipinski definition) is 0. The summed E-state index contributed by atoms with van der Waals surface area (Å²) in [5.74, 6) is 0. The molecule has 0 spiro atoms. The molecule has 0 bridgehead atoms. The molecule has 1 nitrogen and oxygen atoms in total. The molecule has 4 heteroatoms. The van der Waals surface area contributed by atoms with Crippen LogP contribution >= 0.6 is 0 Å². The Morgan fingerprint density at radius 1 is 1.50 bits per heavy atom. The van der Waals surface area contributed by atoms with Gasteiger partial charge in [-0.2, -0.15) is 0 Å². The molecule has 0 radical (unpaired) electrons. The Balaban J connectivity index is -0.000000000833. The maximum absolute atomic E-state index is 8.25. The minimum absolute atomic E-state index is 0. The molecule has 0 fully saturated rings. The Hall–Kier alpha value is 2.11. The monoisotopic (exact) mass is 96.0 g/mol. The molecule has 0 aromatic heterocycles. The summed E-state index contributed by atoms with van der Waals surface area (Å²) in [6.07, 6.45) is 0. The molecule has 0 heterocycles. The van der Waals surface area contributed by atoms with Crippen LogP contribution < -0.4 is 48.4 Å². The first-order valence-corrected chi connectivity index (χ1v) is 0.842. The molecule has 4 heavy (non-hydrogen) atoms. The molecular formula is H2LiNaOTi. The van der Waals surface area contributed by atoms with Gasteiger partial charge in [-0.1, -0.05) is 0 Å².